The van der Waals surface area contributed by atoms with Crippen molar-refractivity contribution in [2.24, 2.45) is 5.92 Å². The molecule has 3 aromatic rings. The Morgan fingerprint density at radius 1 is 1.16 bits per heavy atom. The molecule has 1 aromatic heterocycles. The average Bonchev–Trinajstić information content (AvgIpc) is 3.40. The molecule has 1 fully saturated rings. The first-order valence-electron chi connectivity index (χ1n) is 10.3. The fourth-order valence-corrected chi connectivity index (χ4v) is 4.03. The smallest absolute Gasteiger partial charge is 0.311 e. The number of benzene rings is 2. The molecule has 0 radical (unpaired) electrons. The summed E-state index contributed by atoms with van der Waals surface area (Å²) in [6.45, 7) is 1.89. The normalized spacial score (nSPS) is 16.0. The maximum Gasteiger partial charge on any atom is 0.311 e. The molecule has 2 aromatic carbocycles. The topological polar surface area (TPSA) is 88.7 Å². The second-order valence-electron chi connectivity index (χ2n) is 7.50. The second kappa shape index (κ2) is 8.63. The summed E-state index contributed by atoms with van der Waals surface area (Å²) < 4.78 is 10.6. The van der Waals surface area contributed by atoms with Crippen LogP contribution in [0.1, 0.15) is 29.3 Å². The fraction of sp³-hybridized carbons (Fsp3) is 0.292. The molecule has 0 saturated carbocycles. The third kappa shape index (κ3) is 3.91. The molecule has 1 amide bonds. The first kappa shape index (κ1) is 20.7. The zero-order chi connectivity index (χ0) is 22.0. The van der Waals surface area contributed by atoms with Crippen LogP contribution in [0, 0.1) is 5.92 Å². The minimum atomic E-state index is -0.625. The summed E-state index contributed by atoms with van der Waals surface area (Å²) in [7, 11) is 1.53. The number of rotatable bonds is 7. The van der Waals surface area contributed by atoms with Crippen molar-refractivity contribution in [3.8, 4) is 5.75 Å². The summed E-state index contributed by atoms with van der Waals surface area (Å²) in [6.07, 6.45) is 2.54. The van der Waals surface area contributed by atoms with Crippen LogP contribution in [0.4, 0.5) is 5.69 Å². The highest BCUT2D eigenvalue weighted by Crippen LogP contribution is 2.33. The number of fused-ring (bicyclic) bond motifs is 1. The van der Waals surface area contributed by atoms with Crippen LogP contribution >= 0.6 is 0 Å². The maximum absolute atomic E-state index is 12.7. The zero-order valence-corrected chi connectivity index (χ0v) is 17.5. The van der Waals surface area contributed by atoms with Crippen LogP contribution in [-0.2, 0) is 20.7 Å². The lowest BCUT2D eigenvalue weighted by atomic mass is 10.1. The van der Waals surface area contributed by atoms with E-state index in [0.717, 1.165) is 22.9 Å². The number of hydrogen-bond donors (Lipinski definition) is 1. The van der Waals surface area contributed by atoms with Crippen molar-refractivity contribution in [3.63, 3.8) is 0 Å². The van der Waals surface area contributed by atoms with E-state index in [-0.39, 0.29) is 31.3 Å². The Morgan fingerprint density at radius 2 is 1.97 bits per heavy atom. The van der Waals surface area contributed by atoms with Gasteiger partial charge in [0.05, 0.1) is 18.7 Å². The van der Waals surface area contributed by atoms with Crippen LogP contribution in [0.25, 0.3) is 10.9 Å². The third-order valence-electron chi connectivity index (χ3n) is 5.66. The van der Waals surface area contributed by atoms with Gasteiger partial charge in [0.15, 0.2) is 6.61 Å². The second-order valence-corrected chi connectivity index (χ2v) is 7.50. The fourth-order valence-electron chi connectivity index (χ4n) is 4.03. The molecule has 1 saturated heterocycles. The van der Waals surface area contributed by atoms with Gasteiger partial charge in [-0.3, -0.25) is 14.4 Å². The van der Waals surface area contributed by atoms with Gasteiger partial charge in [0.25, 0.3) is 0 Å². The lowest BCUT2D eigenvalue weighted by Gasteiger charge is -2.19. The molecule has 0 bridgehead atoms. The van der Waals surface area contributed by atoms with Crippen LogP contribution in [0.2, 0.25) is 0 Å². The van der Waals surface area contributed by atoms with Crippen molar-refractivity contribution in [2.75, 3.05) is 25.2 Å². The maximum atomic E-state index is 12.7. The number of Topliss-reactive ketones (excluding diaryl/α,β-unsaturated/α-hetero) is 1. The summed E-state index contributed by atoms with van der Waals surface area (Å²) in [6, 6.07) is 13.0. The number of aromatic amines is 1. The van der Waals surface area contributed by atoms with Crippen molar-refractivity contribution < 1.29 is 23.9 Å². The van der Waals surface area contributed by atoms with Gasteiger partial charge in [0, 0.05) is 35.6 Å². The highest BCUT2D eigenvalue weighted by atomic mass is 16.5. The Bertz CT molecular complexity index is 1150. The van der Waals surface area contributed by atoms with Crippen molar-refractivity contribution >= 4 is 34.3 Å². The van der Waals surface area contributed by atoms with E-state index in [0.29, 0.717) is 17.0 Å². The molecular weight excluding hydrogens is 396 g/mol. The number of ether oxygens (including phenoxy) is 2. The number of nitrogens with zero attached hydrogens (tertiary/aromatic N) is 1. The third-order valence-corrected chi connectivity index (χ3v) is 5.66. The SMILES string of the molecule is CCc1cccc2c(C(=O)COC(=O)[C@H]3CC(=O)N(c4ccccc4OC)C3)c[nH]c12. The molecule has 2 heterocycles. The van der Waals surface area contributed by atoms with E-state index in [1.54, 1.807) is 24.4 Å². The van der Waals surface area contributed by atoms with Gasteiger partial charge in [-0.05, 0) is 24.1 Å². The molecule has 1 atom stereocenters. The van der Waals surface area contributed by atoms with Gasteiger partial charge in [-0.15, -0.1) is 0 Å². The van der Waals surface area contributed by atoms with Crippen LogP contribution in [-0.4, -0.2) is 42.9 Å². The number of H-pyrrole nitrogens is 1. The predicted octanol–water partition coefficient (Wildman–Crippen LogP) is 3.52. The Labute approximate surface area is 179 Å². The summed E-state index contributed by atoms with van der Waals surface area (Å²) in [5.41, 5.74) is 3.16. The Hall–Kier alpha value is -3.61. The zero-order valence-electron chi connectivity index (χ0n) is 17.5. The van der Waals surface area contributed by atoms with E-state index in [1.165, 1.54) is 12.0 Å². The Balaban J connectivity index is 1.41. The van der Waals surface area contributed by atoms with Gasteiger partial charge in [0.2, 0.25) is 11.7 Å². The minimum Gasteiger partial charge on any atom is -0.495 e. The molecule has 1 aliphatic heterocycles. The molecule has 0 unspecified atom stereocenters. The molecule has 1 aliphatic rings. The summed E-state index contributed by atoms with van der Waals surface area (Å²) >= 11 is 0. The first-order valence-corrected chi connectivity index (χ1v) is 10.3. The summed E-state index contributed by atoms with van der Waals surface area (Å²) in [5, 5.41) is 0.818. The number of nitrogens with one attached hydrogen (secondary N) is 1. The number of methoxy groups -OCH3 is 1. The van der Waals surface area contributed by atoms with E-state index < -0.39 is 11.9 Å². The Morgan fingerprint density at radius 3 is 2.74 bits per heavy atom. The van der Waals surface area contributed by atoms with Crippen molar-refractivity contribution in [3.05, 3.63) is 59.8 Å². The summed E-state index contributed by atoms with van der Waals surface area (Å²) in [4.78, 5) is 42.4. The number of aromatic nitrogens is 1. The van der Waals surface area contributed by atoms with Gasteiger partial charge < -0.3 is 19.4 Å². The molecule has 0 aliphatic carbocycles. The van der Waals surface area contributed by atoms with Gasteiger partial charge in [-0.1, -0.05) is 37.3 Å². The monoisotopic (exact) mass is 420 g/mol. The van der Waals surface area contributed by atoms with Crippen LogP contribution < -0.4 is 9.64 Å². The first-order chi connectivity index (χ1) is 15.0. The molecule has 7 heteroatoms. The van der Waals surface area contributed by atoms with Crippen molar-refractivity contribution in [1.82, 2.24) is 4.98 Å². The minimum absolute atomic E-state index is 0.0397. The van der Waals surface area contributed by atoms with E-state index >= 15 is 0 Å². The standard InChI is InChI=1S/C24H24N2O5/c1-3-15-7-6-8-17-18(12-25-23(15)17)20(27)14-31-24(29)16-11-22(28)26(13-16)19-9-4-5-10-21(19)30-2/h4-10,12,16,25H,3,11,13-14H2,1-2H3/t16-/m0/s1. The summed E-state index contributed by atoms with van der Waals surface area (Å²) in [5.74, 6) is -1.07. The van der Waals surface area contributed by atoms with Gasteiger partial charge in [-0.25, -0.2) is 0 Å². The largest absolute Gasteiger partial charge is 0.495 e. The molecule has 160 valence electrons. The van der Waals surface area contributed by atoms with Crippen molar-refractivity contribution in [1.29, 1.82) is 0 Å². The number of carbonyl (C=O) groups excluding carboxylic acids is 3. The number of hydrogen-bond acceptors (Lipinski definition) is 5. The van der Waals surface area contributed by atoms with Crippen molar-refractivity contribution in [2.45, 2.75) is 19.8 Å². The molecule has 7 nitrogen and oxygen atoms in total. The number of aryl methyl sites for hydroxylation is 1. The average molecular weight is 420 g/mol. The number of para-hydroxylation sites is 3. The van der Waals surface area contributed by atoms with Crippen LogP contribution in [0.15, 0.2) is 48.7 Å². The van der Waals surface area contributed by atoms with Crippen LogP contribution in [0.5, 0.6) is 5.75 Å². The van der Waals surface area contributed by atoms with Crippen LogP contribution in [0.3, 0.4) is 0 Å². The van der Waals surface area contributed by atoms with Gasteiger partial charge in [0.1, 0.15) is 5.75 Å². The molecule has 0 spiro atoms. The number of ketones is 1. The number of amides is 1. The number of anilines is 1. The quantitative estimate of drug-likeness (QED) is 0.467. The molecule has 4 rings (SSSR count). The van der Waals surface area contributed by atoms with Gasteiger partial charge >= 0.3 is 5.97 Å². The van der Waals surface area contributed by atoms with E-state index in [2.05, 4.69) is 11.9 Å². The lowest BCUT2D eigenvalue weighted by Crippen LogP contribution is -2.27. The van der Waals surface area contributed by atoms with E-state index in [9.17, 15) is 14.4 Å². The number of esters is 1. The highest BCUT2D eigenvalue weighted by molar-refractivity contribution is 6.09. The Kier molecular flexibility index (Phi) is 5.75. The predicted molar refractivity (Wildman–Crippen MR) is 116 cm³/mol. The lowest BCUT2D eigenvalue weighted by molar-refractivity contribution is -0.147. The van der Waals surface area contributed by atoms with E-state index in [4.69, 9.17) is 9.47 Å². The number of carbonyl (C=O) groups is 3. The molecule has 1 N–H and O–H groups in total. The molecule has 31 heavy (non-hydrogen) atoms. The van der Waals surface area contributed by atoms with E-state index in [1.807, 2.05) is 24.3 Å². The molecular formula is C24H24N2O5. The van der Waals surface area contributed by atoms with Gasteiger partial charge in [-0.2, -0.15) is 0 Å². The highest BCUT2D eigenvalue weighted by Gasteiger charge is 2.37.